The van der Waals surface area contributed by atoms with Crippen LogP contribution in [0.4, 0.5) is 14.8 Å². The van der Waals surface area contributed by atoms with E-state index >= 15 is 0 Å². The SMILES string of the molecule is OC1(C(F)F)CCN(c2nnc(-c3cccc(Cl)c3)o2)CC1. The van der Waals surface area contributed by atoms with Gasteiger partial charge in [-0.25, -0.2) is 8.78 Å². The number of alkyl halides is 2. The van der Waals surface area contributed by atoms with Crippen molar-refractivity contribution in [1.29, 1.82) is 0 Å². The quantitative estimate of drug-likeness (QED) is 0.938. The molecule has 1 saturated heterocycles. The first-order valence-electron chi connectivity index (χ1n) is 6.83. The fourth-order valence-corrected chi connectivity index (χ4v) is 2.58. The highest BCUT2D eigenvalue weighted by atomic mass is 35.5. The van der Waals surface area contributed by atoms with Crippen LogP contribution in [0.2, 0.25) is 5.02 Å². The summed E-state index contributed by atoms with van der Waals surface area (Å²) in [5.74, 6) is 0.312. The molecule has 1 aromatic heterocycles. The van der Waals surface area contributed by atoms with Gasteiger partial charge in [-0.05, 0) is 31.0 Å². The molecule has 22 heavy (non-hydrogen) atoms. The van der Waals surface area contributed by atoms with E-state index in [-0.39, 0.29) is 31.9 Å². The molecule has 0 unspecified atom stereocenters. The number of aromatic nitrogens is 2. The van der Waals surface area contributed by atoms with Gasteiger partial charge < -0.3 is 14.4 Å². The number of aliphatic hydroxyl groups is 1. The molecule has 8 heteroatoms. The monoisotopic (exact) mass is 329 g/mol. The molecule has 1 aromatic carbocycles. The maximum absolute atomic E-state index is 12.8. The summed E-state index contributed by atoms with van der Waals surface area (Å²) in [6, 6.07) is 7.24. The Balaban J connectivity index is 1.73. The van der Waals surface area contributed by atoms with Crippen LogP contribution < -0.4 is 4.90 Å². The molecule has 2 heterocycles. The van der Waals surface area contributed by atoms with Crippen molar-refractivity contribution in [2.75, 3.05) is 18.0 Å². The molecular weight excluding hydrogens is 316 g/mol. The second-order valence-corrected chi connectivity index (χ2v) is 5.73. The van der Waals surface area contributed by atoms with Crippen molar-refractivity contribution >= 4 is 17.6 Å². The van der Waals surface area contributed by atoms with Crippen molar-refractivity contribution in [2.45, 2.75) is 24.9 Å². The summed E-state index contributed by atoms with van der Waals surface area (Å²) >= 11 is 5.91. The average Bonchev–Trinajstić information content (AvgIpc) is 2.98. The lowest BCUT2D eigenvalue weighted by atomic mass is 9.92. The molecule has 0 spiro atoms. The van der Waals surface area contributed by atoms with Crippen molar-refractivity contribution in [3.8, 4) is 11.5 Å². The Kier molecular flexibility index (Phi) is 4.01. The number of hydrogen-bond acceptors (Lipinski definition) is 5. The van der Waals surface area contributed by atoms with E-state index in [4.69, 9.17) is 16.0 Å². The van der Waals surface area contributed by atoms with Crippen molar-refractivity contribution in [3.63, 3.8) is 0 Å². The van der Waals surface area contributed by atoms with E-state index in [9.17, 15) is 13.9 Å². The Morgan fingerprint density at radius 1 is 1.27 bits per heavy atom. The van der Waals surface area contributed by atoms with Crippen molar-refractivity contribution < 1.29 is 18.3 Å². The van der Waals surface area contributed by atoms with Gasteiger partial charge in [-0.1, -0.05) is 22.8 Å². The maximum atomic E-state index is 12.8. The fraction of sp³-hybridized carbons (Fsp3) is 0.429. The molecule has 2 aromatic rings. The highest BCUT2D eigenvalue weighted by Crippen LogP contribution is 2.31. The summed E-state index contributed by atoms with van der Waals surface area (Å²) in [5, 5.41) is 18.2. The molecule has 0 bridgehead atoms. The second kappa shape index (κ2) is 5.81. The topological polar surface area (TPSA) is 62.4 Å². The van der Waals surface area contributed by atoms with Crippen LogP contribution in [0.3, 0.4) is 0 Å². The lowest BCUT2D eigenvalue weighted by molar-refractivity contribution is -0.109. The van der Waals surface area contributed by atoms with Gasteiger partial charge in [-0.3, -0.25) is 0 Å². The molecule has 1 aliphatic rings. The third-order valence-corrected chi connectivity index (χ3v) is 4.03. The summed E-state index contributed by atoms with van der Waals surface area (Å²) in [6.45, 7) is 0.468. The van der Waals surface area contributed by atoms with Crippen molar-refractivity contribution in [1.82, 2.24) is 10.2 Å². The van der Waals surface area contributed by atoms with Gasteiger partial charge in [0.15, 0.2) is 0 Å². The molecule has 1 N–H and O–H groups in total. The van der Waals surface area contributed by atoms with E-state index in [2.05, 4.69) is 10.2 Å². The van der Waals surface area contributed by atoms with Gasteiger partial charge in [-0.15, -0.1) is 5.10 Å². The Morgan fingerprint density at radius 2 is 2.00 bits per heavy atom. The third kappa shape index (κ3) is 2.91. The van der Waals surface area contributed by atoms with E-state index < -0.39 is 12.0 Å². The molecule has 1 fully saturated rings. The number of benzene rings is 1. The van der Waals surface area contributed by atoms with Gasteiger partial charge in [-0.2, -0.15) is 0 Å². The van der Waals surface area contributed by atoms with Crippen LogP contribution >= 0.6 is 11.6 Å². The number of nitrogens with zero attached hydrogens (tertiary/aromatic N) is 3. The van der Waals surface area contributed by atoms with Crippen LogP contribution in [-0.2, 0) is 0 Å². The molecule has 118 valence electrons. The zero-order chi connectivity index (χ0) is 15.7. The summed E-state index contributed by atoms with van der Waals surface area (Å²) in [5.41, 5.74) is -1.24. The first kappa shape index (κ1) is 15.2. The number of hydrogen-bond donors (Lipinski definition) is 1. The molecule has 0 radical (unpaired) electrons. The van der Waals surface area contributed by atoms with E-state index in [0.29, 0.717) is 16.5 Å². The zero-order valence-electron chi connectivity index (χ0n) is 11.5. The molecule has 1 aliphatic heterocycles. The van der Waals surface area contributed by atoms with Gasteiger partial charge >= 0.3 is 6.01 Å². The average molecular weight is 330 g/mol. The Bertz CT molecular complexity index is 657. The molecule has 0 saturated carbocycles. The predicted octanol–water partition coefficient (Wildman–Crippen LogP) is 2.99. The zero-order valence-corrected chi connectivity index (χ0v) is 12.3. The first-order chi connectivity index (χ1) is 10.5. The smallest absolute Gasteiger partial charge is 0.318 e. The van der Waals surface area contributed by atoms with Gasteiger partial charge in [0, 0.05) is 23.7 Å². The van der Waals surface area contributed by atoms with Crippen LogP contribution in [0.1, 0.15) is 12.8 Å². The standard InChI is InChI=1S/C14H14ClF2N3O2/c15-10-3-1-2-9(8-10)11-18-19-13(22-11)20-6-4-14(21,5-7-20)12(16)17/h1-3,8,12,21H,4-7H2. The normalized spacial score (nSPS) is 18.0. The van der Waals surface area contributed by atoms with Gasteiger partial charge in [0.1, 0.15) is 5.60 Å². The maximum Gasteiger partial charge on any atom is 0.318 e. The van der Waals surface area contributed by atoms with E-state index in [1.54, 1.807) is 29.2 Å². The Labute approximate surface area is 130 Å². The van der Waals surface area contributed by atoms with Crippen molar-refractivity contribution in [3.05, 3.63) is 29.3 Å². The van der Waals surface area contributed by atoms with Gasteiger partial charge in [0.25, 0.3) is 6.43 Å². The van der Waals surface area contributed by atoms with Crippen LogP contribution in [0.25, 0.3) is 11.5 Å². The van der Waals surface area contributed by atoms with Gasteiger partial charge in [0.2, 0.25) is 5.89 Å². The number of halogens is 3. The molecule has 3 rings (SSSR count). The van der Waals surface area contributed by atoms with E-state index in [1.807, 2.05) is 0 Å². The number of anilines is 1. The summed E-state index contributed by atoms with van der Waals surface area (Å²) in [4.78, 5) is 1.69. The third-order valence-electron chi connectivity index (χ3n) is 3.79. The Hall–Kier alpha value is -1.73. The minimum absolute atomic E-state index is 0.0421. The summed E-state index contributed by atoms with van der Waals surface area (Å²) in [6.07, 6.45) is -2.83. The molecule has 0 amide bonds. The lowest BCUT2D eigenvalue weighted by Gasteiger charge is -2.36. The molecule has 0 atom stereocenters. The van der Waals surface area contributed by atoms with Gasteiger partial charge in [0.05, 0.1) is 0 Å². The second-order valence-electron chi connectivity index (χ2n) is 5.29. The van der Waals surface area contributed by atoms with Crippen LogP contribution in [0, 0.1) is 0 Å². The fourth-order valence-electron chi connectivity index (χ4n) is 2.38. The predicted molar refractivity (Wildman–Crippen MR) is 77.1 cm³/mol. The van der Waals surface area contributed by atoms with Crippen molar-refractivity contribution in [2.24, 2.45) is 0 Å². The number of piperidine rings is 1. The lowest BCUT2D eigenvalue weighted by Crippen LogP contribution is -2.48. The molecule has 0 aliphatic carbocycles. The number of rotatable bonds is 3. The highest BCUT2D eigenvalue weighted by Gasteiger charge is 2.41. The van der Waals surface area contributed by atoms with Crippen LogP contribution in [-0.4, -0.2) is 40.4 Å². The van der Waals surface area contributed by atoms with E-state index in [0.717, 1.165) is 0 Å². The molecular formula is C14H14ClF2N3O2. The highest BCUT2D eigenvalue weighted by molar-refractivity contribution is 6.30. The largest absolute Gasteiger partial charge is 0.403 e. The minimum Gasteiger partial charge on any atom is -0.403 e. The summed E-state index contributed by atoms with van der Waals surface area (Å²) < 4.78 is 31.1. The minimum atomic E-state index is -2.75. The molecule has 5 nitrogen and oxygen atoms in total. The van der Waals surface area contributed by atoms with Crippen LogP contribution in [0.15, 0.2) is 28.7 Å². The first-order valence-corrected chi connectivity index (χ1v) is 7.21. The Morgan fingerprint density at radius 3 is 2.64 bits per heavy atom. The summed E-state index contributed by atoms with van der Waals surface area (Å²) in [7, 11) is 0. The van der Waals surface area contributed by atoms with Crippen LogP contribution in [0.5, 0.6) is 0 Å². The van der Waals surface area contributed by atoms with E-state index in [1.165, 1.54) is 0 Å².